The molecule has 0 aliphatic carbocycles. The lowest BCUT2D eigenvalue weighted by molar-refractivity contribution is -0.137. The van der Waals surface area contributed by atoms with E-state index in [1.54, 1.807) is 13.1 Å². The molecule has 2 heterocycles. The van der Waals surface area contributed by atoms with Crippen LogP contribution in [0.3, 0.4) is 0 Å². The Morgan fingerprint density at radius 2 is 2.00 bits per heavy atom. The number of rotatable bonds is 2. The molecule has 0 amide bonds. The molecule has 4 nitrogen and oxygen atoms in total. The van der Waals surface area contributed by atoms with Crippen LogP contribution in [0.2, 0.25) is 0 Å². The number of nitrogens with zero attached hydrogens (tertiary/aromatic N) is 3. The summed E-state index contributed by atoms with van der Waals surface area (Å²) >= 11 is 0. The summed E-state index contributed by atoms with van der Waals surface area (Å²) in [5.74, 6) is 0.853. The number of hydrogen-bond donors (Lipinski definition) is 0. The number of methoxy groups -OCH3 is 1. The summed E-state index contributed by atoms with van der Waals surface area (Å²) < 4.78 is 43.5. The van der Waals surface area contributed by atoms with Gasteiger partial charge in [-0.2, -0.15) is 18.3 Å². The van der Waals surface area contributed by atoms with Crippen LogP contribution in [0.4, 0.5) is 13.2 Å². The highest BCUT2D eigenvalue weighted by Crippen LogP contribution is 2.28. The minimum absolute atomic E-state index is 0.300. The van der Waals surface area contributed by atoms with E-state index in [0.29, 0.717) is 17.3 Å². The molecular weight excluding hydrogens is 247 g/mol. The van der Waals surface area contributed by atoms with Crippen LogP contribution in [0.5, 0.6) is 5.75 Å². The first-order valence-corrected chi connectivity index (χ1v) is 5.05. The van der Waals surface area contributed by atoms with Crippen LogP contribution in [-0.4, -0.2) is 21.9 Å². The van der Waals surface area contributed by atoms with Crippen molar-refractivity contribution in [2.45, 2.75) is 13.1 Å². The normalized spacial score (nSPS) is 11.6. The minimum Gasteiger partial charge on any atom is -0.493 e. The lowest BCUT2D eigenvalue weighted by Gasteiger charge is -2.06. The summed E-state index contributed by atoms with van der Waals surface area (Å²) in [5, 5.41) is 4.09. The third kappa shape index (κ3) is 2.29. The molecule has 0 atom stereocenters. The first kappa shape index (κ1) is 12.4. The number of aryl methyl sites for hydroxylation is 1. The molecule has 0 bridgehead atoms. The second kappa shape index (κ2) is 4.32. The van der Waals surface area contributed by atoms with Gasteiger partial charge in [0.05, 0.1) is 18.9 Å². The summed E-state index contributed by atoms with van der Waals surface area (Å²) in [4.78, 5) is 3.73. The molecule has 0 aromatic carbocycles. The maximum absolute atomic E-state index is 12.4. The van der Waals surface area contributed by atoms with Gasteiger partial charge in [-0.3, -0.25) is 0 Å². The molecule has 18 heavy (non-hydrogen) atoms. The Bertz CT molecular complexity index is 546. The number of ether oxygens (including phenoxy) is 1. The summed E-state index contributed by atoms with van der Waals surface area (Å²) in [6.45, 7) is 1.74. The zero-order chi connectivity index (χ0) is 13.3. The summed E-state index contributed by atoms with van der Waals surface area (Å²) in [7, 11) is 1.49. The number of pyridine rings is 1. The van der Waals surface area contributed by atoms with Crippen LogP contribution in [0.25, 0.3) is 5.82 Å². The van der Waals surface area contributed by atoms with Crippen molar-refractivity contribution in [1.82, 2.24) is 14.8 Å². The second-order valence-electron chi connectivity index (χ2n) is 3.63. The Labute approximate surface area is 101 Å². The Kier molecular flexibility index (Phi) is 2.98. The molecule has 2 rings (SSSR count). The van der Waals surface area contributed by atoms with Gasteiger partial charge in [0.2, 0.25) is 0 Å². The van der Waals surface area contributed by atoms with E-state index in [2.05, 4.69) is 10.1 Å². The number of alkyl halides is 3. The number of aromatic nitrogens is 3. The van der Waals surface area contributed by atoms with Gasteiger partial charge in [-0.15, -0.1) is 0 Å². The maximum atomic E-state index is 12.4. The van der Waals surface area contributed by atoms with Gasteiger partial charge in [-0.25, -0.2) is 9.67 Å². The average molecular weight is 257 g/mol. The second-order valence-corrected chi connectivity index (χ2v) is 3.63. The molecule has 0 unspecified atom stereocenters. The fraction of sp³-hybridized carbons (Fsp3) is 0.273. The highest BCUT2D eigenvalue weighted by Gasteiger charge is 2.30. The average Bonchev–Trinajstić information content (AvgIpc) is 2.69. The monoisotopic (exact) mass is 257 g/mol. The highest BCUT2D eigenvalue weighted by atomic mass is 19.4. The third-order valence-electron chi connectivity index (χ3n) is 2.38. The standard InChI is InChI=1S/C11H10F3N3O/c1-7-9(18-2)6-17(16-7)10-4-3-8(5-15-10)11(12,13)14/h3-6H,1-2H3. The van der Waals surface area contributed by atoms with Crippen molar-refractivity contribution >= 4 is 0 Å². The highest BCUT2D eigenvalue weighted by molar-refractivity contribution is 5.31. The van der Waals surface area contributed by atoms with Crippen molar-refractivity contribution in [3.05, 3.63) is 35.8 Å². The van der Waals surface area contributed by atoms with Gasteiger partial charge in [0.15, 0.2) is 11.6 Å². The van der Waals surface area contributed by atoms with Gasteiger partial charge < -0.3 is 4.74 Å². The lowest BCUT2D eigenvalue weighted by atomic mass is 10.3. The van der Waals surface area contributed by atoms with Crippen LogP contribution >= 0.6 is 0 Å². The first-order chi connectivity index (χ1) is 8.41. The Balaban J connectivity index is 2.34. The largest absolute Gasteiger partial charge is 0.493 e. The quantitative estimate of drug-likeness (QED) is 0.830. The summed E-state index contributed by atoms with van der Waals surface area (Å²) in [5.41, 5.74) is -0.152. The summed E-state index contributed by atoms with van der Waals surface area (Å²) in [6, 6.07) is 2.22. The molecule has 2 aromatic heterocycles. The zero-order valence-corrected chi connectivity index (χ0v) is 9.69. The third-order valence-corrected chi connectivity index (χ3v) is 2.38. The van der Waals surface area contributed by atoms with Crippen molar-refractivity contribution < 1.29 is 17.9 Å². The van der Waals surface area contributed by atoms with Gasteiger partial charge in [0, 0.05) is 6.20 Å². The predicted molar refractivity (Wildman–Crippen MR) is 57.7 cm³/mol. The fourth-order valence-electron chi connectivity index (χ4n) is 1.45. The van der Waals surface area contributed by atoms with E-state index in [4.69, 9.17) is 4.74 Å². The first-order valence-electron chi connectivity index (χ1n) is 5.05. The van der Waals surface area contributed by atoms with E-state index >= 15 is 0 Å². The minimum atomic E-state index is -4.39. The van der Waals surface area contributed by atoms with Gasteiger partial charge in [-0.05, 0) is 19.1 Å². The molecule has 2 aromatic rings. The Morgan fingerprint density at radius 3 is 2.44 bits per heavy atom. The van der Waals surface area contributed by atoms with E-state index < -0.39 is 11.7 Å². The zero-order valence-electron chi connectivity index (χ0n) is 9.69. The molecule has 0 N–H and O–H groups in total. The molecule has 7 heteroatoms. The summed E-state index contributed by atoms with van der Waals surface area (Å²) in [6.07, 6.45) is -2.05. The van der Waals surface area contributed by atoms with Crippen molar-refractivity contribution in [1.29, 1.82) is 0 Å². The van der Waals surface area contributed by atoms with Gasteiger partial charge in [0.1, 0.15) is 5.69 Å². The molecule has 0 saturated carbocycles. The van der Waals surface area contributed by atoms with Crippen molar-refractivity contribution in [3.63, 3.8) is 0 Å². The number of hydrogen-bond acceptors (Lipinski definition) is 3. The topological polar surface area (TPSA) is 39.9 Å². The molecule has 0 saturated heterocycles. The predicted octanol–water partition coefficient (Wildman–Crippen LogP) is 2.60. The van der Waals surface area contributed by atoms with E-state index in [0.717, 1.165) is 12.3 Å². The lowest BCUT2D eigenvalue weighted by Crippen LogP contribution is -2.07. The molecule has 0 spiro atoms. The number of halogens is 3. The van der Waals surface area contributed by atoms with Gasteiger partial charge in [0.25, 0.3) is 0 Å². The van der Waals surface area contributed by atoms with Gasteiger partial charge in [-0.1, -0.05) is 0 Å². The van der Waals surface area contributed by atoms with Crippen LogP contribution in [0, 0.1) is 6.92 Å². The Hall–Kier alpha value is -2.05. The van der Waals surface area contributed by atoms with Crippen molar-refractivity contribution in [3.8, 4) is 11.6 Å². The molecule has 0 aliphatic rings. The fourth-order valence-corrected chi connectivity index (χ4v) is 1.45. The molecule has 0 fully saturated rings. The van der Waals surface area contributed by atoms with E-state index in [1.807, 2.05) is 0 Å². The molecular formula is C11H10F3N3O. The van der Waals surface area contributed by atoms with Crippen LogP contribution in [0.1, 0.15) is 11.3 Å². The molecule has 0 aliphatic heterocycles. The van der Waals surface area contributed by atoms with Gasteiger partial charge >= 0.3 is 6.18 Å². The van der Waals surface area contributed by atoms with E-state index in [9.17, 15) is 13.2 Å². The van der Waals surface area contributed by atoms with E-state index in [1.165, 1.54) is 17.9 Å². The maximum Gasteiger partial charge on any atom is 0.417 e. The molecule has 96 valence electrons. The van der Waals surface area contributed by atoms with E-state index in [-0.39, 0.29) is 0 Å². The molecule has 0 radical (unpaired) electrons. The van der Waals surface area contributed by atoms with Crippen LogP contribution < -0.4 is 4.74 Å². The SMILES string of the molecule is COc1cn(-c2ccc(C(F)(F)F)cn2)nc1C. The Morgan fingerprint density at radius 1 is 1.28 bits per heavy atom. The van der Waals surface area contributed by atoms with Crippen LogP contribution in [-0.2, 0) is 6.18 Å². The van der Waals surface area contributed by atoms with Crippen molar-refractivity contribution in [2.24, 2.45) is 0 Å². The van der Waals surface area contributed by atoms with Crippen molar-refractivity contribution in [2.75, 3.05) is 7.11 Å². The smallest absolute Gasteiger partial charge is 0.417 e. The van der Waals surface area contributed by atoms with Crippen LogP contribution in [0.15, 0.2) is 24.5 Å².